The van der Waals surface area contributed by atoms with Crippen molar-refractivity contribution in [2.24, 2.45) is 5.92 Å². The number of piperidine rings is 1. The highest BCUT2D eigenvalue weighted by Gasteiger charge is 2.27. The number of carbonyl (C=O) groups is 2. The Balaban J connectivity index is 2.04. The molecule has 0 aromatic heterocycles. The fourth-order valence-corrected chi connectivity index (χ4v) is 2.96. The molecule has 0 aliphatic carbocycles. The van der Waals surface area contributed by atoms with Gasteiger partial charge in [-0.05, 0) is 46.8 Å². The minimum absolute atomic E-state index is 0.0455. The van der Waals surface area contributed by atoms with Crippen LogP contribution >= 0.6 is 15.9 Å². The number of hydrogen-bond acceptors (Lipinski definition) is 2. The summed E-state index contributed by atoms with van der Waals surface area (Å²) in [4.78, 5) is 24.6. The molecule has 108 valence electrons. The number of carboxylic acids is 1. The van der Waals surface area contributed by atoms with Gasteiger partial charge >= 0.3 is 5.97 Å². The molecule has 0 saturated carbocycles. The van der Waals surface area contributed by atoms with Crippen molar-refractivity contribution < 1.29 is 19.1 Å². The van der Waals surface area contributed by atoms with E-state index in [0.29, 0.717) is 30.4 Å². The summed E-state index contributed by atoms with van der Waals surface area (Å²) < 4.78 is 14.2. The summed E-state index contributed by atoms with van der Waals surface area (Å²) in [5, 5.41) is 8.76. The molecule has 1 aromatic rings. The van der Waals surface area contributed by atoms with Gasteiger partial charge in [-0.2, -0.15) is 0 Å². The molecule has 1 aliphatic rings. The molecule has 1 heterocycles. The second kappa shape index (κ2) is 6.35. The lowest BCUT2D eigenvalue weighted by atomic mass is 9.93. The van der Waals surface area contributed by atoms with Crippen LogP contribution in [0.3, 0.4) is 0 Å². The third kappa shape index (κ3) is 3.36. The Labute approximate surface area is 124 Å². The number of benzene rings is 1. The fourth-order valence-electron chi connectivity index (χ4n) is 2.45. The van der Waals surface area contributed by atoms with Crippen molar-refractivity contribution >= 4 is 27.8 Å². The zero-order chi connectivity index (χ0) is 14.7. The summed E-state index contributed by atoms with van der Waals surface area (Å²) in [5.74, 6) is -1.60. The zero-order valence-electron chi connectivity index (χ0n) is 10.8. The second-order valence-electron chi connectivity index (χ2n) is 4.93. The van der Waals surface area contributed by atoms with E-state index >= 15 is 0 Å². The Hall–Kier alpha value is -1.43. The third-order valence-corrected chi connectivity index (χ3v) is 4.20. The average Bonchev–Trinajstić information content (AvgIpc) is 2.38. The topological polar surface area (TPSA) is 57.6 Å². The molecule has 1 saturated heterocycles. The molecule has 0 atom stereocenters. The molecule has 1 amide bonds. The SMILES string of the molecule is O=C(O)CC1CCN(C(=O)c2c(F)cccc2Br)CC1. The summed E-state index contributed by atoms with van der Waals surface area (Å²) in [6.07, 6.45) is 1.42. The monoisotopic (exact) mass is 343 g/mol. The van der Waals surface area contributed by atoms with Crippen molar-refractivity contribution in [3.8, 4) is 0 Å². The number of rotatable bonds is 3. The maximum absolute atomic E-state index is 13.7. The highest BCUT2D eigenvalue weighted by atomic mass is 79.9. The molecule has 1 N–H and O–H groups in total. The van der Waals surface area contributed by atoms with Crippen molar-refractivity contribution in [3.63, 3.8) is 0 Å². The number of nitrogens with zero attached hydrogens (tertiary/aromatic N) is 1. The van der Waals surface area contributed by atoms with Crippen LogP contribution in [0.2, 0.25) is 0 Å². The molecule has 0 spiro atoms. The Bertz CT molecular complexity index is 507. The molecule has 1 fully saturated rings. The molecule has 6 heteroatoms. The summed E-state index contributed by atoms with van der Waals surface area (Å²) >= 11 is 3.19. The lowest BCUT2D eigenvalue weighted by Gasteiger charge is -2.31. The lowest BCUT2D eigenvalue weighted by Crippen LogP contribution is -2.39. The maximum Gasteiger partial charge on any atom is 0.303 e. The van der Waals surface area contributed by atoms with E-state index < -0.39 is 11.8 Å². The van der Waals surface area contributed by atoms with E-state index in [1.807, 2.05) is 0 Å². The van der Waals surface area contributed by atoms with Gasteiger partial charge in [0.15, 0.2) is 0 Å². The Morgan fingerprint density at radius 2 is 2.00 bits per heavy atom. The van der Waals surface area contributed by atoms with E-state index in [9.17, 15) is 14.0 Å². The van der Waals surface area contributed by atoms with Crippen LogP contribution in [-0.4, -0.2) is 35.0 Å². The van der Waals surface area contributed by atoms with E-state index in [1.54, 1.807) is 11.0 Å². The first-order valence-corrected chi connectivity index (χ1v) is 7.23. The van der Waals surface area contributed by atoms with E-state index in [4.69, 9.17) is 5.11 Å². The van der Waals surface area contributed by atoms with E-state index in [2.05, 4.69) is 15.9 Å². The average molecular weight is 344 g/mol. The van der Waals surface area contributed by atoms with Gasteiger partial charge in [-0.15, -0.1) is 0 Å². The molecule has 0 unspecified atom stereocenters. The second-order valence-corrected chi connectivity index (χ2v) is 5.78. The molecule has 1 aliphatic heterocycles. The van der Waals surface area contributed by atoms with Gasteiger partial charge in [0.2, 0.25) is 0 Å². The molecule has 4 nitrogen and oxygen atoms in total. The smallest absolute Gasteiger partial charge is 0.303 e. The molecule has 0 radical (unpaired) electrons. The number of hydrogen-bond donors (Lipinski definition) is 1. The minimum atomic E-state index is -0.813. The predicted octanol–water partition coefficient (Wildman–Crippen LogP) is 2.92. The summed E-state index contributed by atoms with van der Waals surface area (Å²) in [5.41, 5.74) is 0.0455. The van der Waals surface area contributed by atoms with Crippen LogP contribution in [0, 0.1) is 11.7 Å². The Kier molecular flexibility index (Phi) is 4.75. The summed E-state index contributed by atoms with van der Waals surface area (Å²) in [7, 11) is 0. The van der Waals surface area contributed by atoms with E-state index in [0.717, 1.165) is 0 Å². The van der Waals surface area contributed by atoms with Crippen LogP contribution in [0.1, 0.15) is 29.6 Å². The van der Waals surface area contributed by atoms with Crippen LogP contribution < -0.4 is 0 Å². The maximum atomic E-state index is 13.7. The fraction of sp³-hybridized carbons (Fsp3) is 0.429. The Morgan fingerprint density at radius 1 is 1.35 bits per heavy atom. The van der Waals surface area contributed by atoms with Gasteiger partial charge in [0, 0.05) is 24.0 Å². The van der Waals surface area contributed by atoms with Gasteiger partial charge in [0.25, 0.3) is 5.91 Å². The van der Waals surface area contributed by atoms with Crippen molar-refractivity contribution in [1.29, 1.82) is 0 Å². The van der Waals surface area contributed by atoms with Crippen LogP contribution in [-0.2, 0) is 4.79 Å². The lowest BCUT2D eigenvalue weighted by molar-refractivity contribution is -0.138. The van der Waals surface area contributed by atoms with Gasteiger partial charge in [-0.1, -0.05) is 6.07 Å². The number of carboxylic acid groups (broad SMARTS) is 1. The number of amides is 1. The Morgan fingerprint density at radius 3 is 2.55 bits per heavy atom. The highest BCUT2D eigenvalue weighted by Crippen LogP contribution is 2.25. The van der Waals surface area contributed by atoms with Crippen LogP contribution in [0.25, 0.3) is 0 Å². The summed E-state index contributed by atoms with van der Waals surface area (Å²) in [6, 6.07) is 4.43. The van der Waals surface area contributed by atoms with Gasteiger partial charge in [0.05, 0.1) is 5.56 Å². The molecule has 0 bridgehead atoms. The molecule has 20 heavy (non-hydrogen) atoms. The number of carbonyl (C=O) groups excluding carboxylic acids is 1. The highest BCUT2D eigenvalue weighted by molar-refractivity contribution is 9.10. The first kappa shape index (κ1) is 15.0. The first-order chi connectivity index (χ1) is 9.49. The van der Waals surface area contributed by atoms with Gasteiger partial charge < -0.3 is 10.0 Å². The van der Waals surface area contributed by atoms with Gasteiger partial charge in [0.1, 0.15) is 5.82 Å². The van der Waals surface area contributed by atoms with Crippen molar-refractivity contribution in [1.82, 2.24) is 4.90 Å². The number of aliphatic carboxylic acids is 1. The normalized spacial score (nSPS) is 16.2. The third-order valence-electron chi connectivity index (χ3n) is 3.54. The van der Waals surface area contributed by atoms with E-state index in [-0.39, 0.29) is 23.8 Å². The number of likely N-dealkylation sites (tertiary alicyclic amines) is 1. The van der Waals surface area contributed by atoms with Crippen LogP contribution in [0.15, 0.2) is 22.7 Å². The molecule has 1 aromatic carbocycles. The largest absolute Gasteiger partial charge is 0.481 e. The zero-order valence-corrected chi connectivity index (χ0v) is 12.4. The number of halogens is 2. The van der Waals surface area contributed by atoms with Crippen molar-refractivity contribution in [3.05, 3.63) is 34.1 Å². The van der Waals surface area contributed by atoms with Crippen molar-refractivity contribution in [2.45, 2.75) is 19.3 Å². The van der Waals surface area contributed by atoms with Crippen molar-refractivity contribution in [2.75, 3.05) is 13.1 Å². The van der Waals surface area contributed by atoms with Crippen LogP contribution in [0.5, 0.6) is 0 Å². The molecular formula is C14H15BrFNO3. The standard InChI is InChI=1S/C14H15BrFNO3/c15-10-2-1-3-11(16)13(10)14(20)17-6-4-9(5-7-17)8-12(18)19/h1-3,9H,4-8H2,(H,18,19). The first-order valence-electron chi connectivity index (χ1n) is 6.44. The van der Waals surface area contributed by atoms with Gasteiger partial charge in [-0.25, -0.2) is 4.39 Å². The van der Waals surface area contributed by atoms with E-state index in [1.165, 1.54) is 12.1 Å². The minimum Gasteiger partial charge on any atom is -0.481 e. The predicted molar refractivity (Wildman–Crippen MR) is 75.0 cm³/mol. The molecular weight excluding hydrogens is 329 g/mol. The van der Waals surface area contributed by atoms with Gasteiger partial charge in [-0.3, -0.25) is 9.59 Å². The quantitative estimate of drug-likeness (QED) is 0.917. The van der Waals surface area contributed by atoms with Crippen LogP contribution in [0.4, 0.5) is 4.39 Å². The summed E-state index contributed by atoms with van der Waals surface area (Å²) in [6.45, 7) is 0.940. The molecule has 2 rings (SSSR count).